The van der Waals surface area contributed by atoms with Crippen LogP contribution < -0.4 is 5.32 Å². The first-order valence-corrected chi connectivity index (χ1v) is 6.08. The molecule has 0 aliphatic carbocycles. The highest BCUT2D eigenvalue weighted by molar-refractivity contribution is 4.79. The fraction of sp³-hybridized carbons (Fsp3) is 1.00. The minimum Gasteiger partial charge on any atom is -0.313 e. The third kappa shape index (κ3) is 3.25. The van der Waals surface area contributed by atoms with Gasteiger partial charge in [-0.15, -0.1) is 0 Å². The van der Waals surface area contributed by atoms with Gasteiger partial charge in [-0.05, 0) is 39.3 Å². The average Bonchev–Trinajstić information content (AvgIpc) is 2.68. The zero-order chi connectivity index (χ0) is 10.6. The second-order valence-electron chi connectivity index (χ2n) is 4.86. The Balaban J connectivity index is 2.28. The summed E-state index contributed by atoms with van der Waals surface area (Å²) in [6.07, 6.45) is 4.00. The van der Waals surface area contributed by atoms with Crippen molar-refractivity contribution in [2.24, 2.45) is 5.92 Å². The first-order chi connectivity index (χ1) is 6.65. The smallest absolute Gasteiger partial charge is 0.0195 e. The lowest BCUT2D eigenvalue weighted by Crippen LogP contribution is -2.42. The summed E-state index contributed by atoms with van der Waals surface area (Å²) in [5.41, 5.74) is 0. The summed E-state index contributed by atoms with van der Waals surface area (Å²) in [4.78, 5) is 2.51. The Labute approximate surface area is 89.1 Å². The van der Waals surface area contributed by atoms with Gasteiger partial charge in [-0.3, -0.25) is 0 Å². The van der Waals surface area contributed by atoms with Crippen molar-refractivity contribution in [3.63, 3.8) is 0 Å². The number of likely N-dealkylation sites (N-methyl/N-ethyl adjacent to an activating group) is 1. The topological polar surface area (TPSA) is 15.3 Å². The van der Waals surface area contributed by atoms with Crippen molar-refractivity contribution >= 4 is 0 Å². The summed E-state index contributed by atoms with van der Waals surface area (Å²) in [5.74, 6) is 0.807. The molecular formula is C12H26N2. The molecule has 0 saturated carbocycles. The van der Waals surface area contributed by atoms with Gasteiger partial charge in [0.05, 0.1) is 0 Å². The third-order valence-corrected chi connectivity index (χ3v) is 3.83. The molecular weight excluding hydrogens is 172 g/mol. The molecule has 1 heterocycles. The van der Waals surface area contributed by atoms with Crippen molar-refractivity contribution in [3.05, 3.63) is 0 Å². The van der Waals surface area contributed by atoms with E-state index < -0.39 is 0 Å². The molecule has 3 unspecified atom stereocenters. The predicted molar refractivity (Wildman–Crippen MR) is 62.6 cm³/mol. The normalized spacial score (nSPS) is 26.8. The Bertz CT molecular complexity index is 152. The van der Waals surface area contributed by atoms with E-state index in [2.05, 4.69) is 38.0 Å². The molecule has 0 aromatic heterocycles. The minimum absolute atomic E-state index is 0.711. The predicted octanol–water partition coefficient (Wildman–Crippen LogP) is 2.10. The number of rotatable bonds is 5. The van der Waals surface area contributed by atoms with Gasteiger partial charge in [-0.2, -0.15) is 0 Å². The molecule has 1 aliphatic rings. The van der Waals surface area contributed by atoms with Gasteiger partial charge >= 0.3 is 0 Å². The molecule has 0 bridgehead atoms. The summed E-state index contributed by atoms with van der Waals surface area (Å²) in [7, 11) is 2.26. The molecule has 1 rings (SSSR count). The van der Waals surface area contributed by atoms with Crippen LogP contribution in [0.5, 0.6) is 0 Å². The largest absolute Gasteiger partial charge is 0.313 e. The Hall–Kier alpha value is -0.0800. The molecule has 0 amide bonds. The number of nitrogens with zero attached hydrogens (tertiary/aromatic N) is 1. The van der Waals surface area contributed by atoms with E-state index in [-0.39, 0.29) is 0 Å². The van der Waals surface area contributed by atoms with Crippen LogP contribution in [0, 0.1) is 5.92 Å². The van der Waals surface area contributed by atoms with Crippen LogP contribution in [0.1, 0.15) is 40.0 Å². The molecule has 1 fully saturated rings. The van der Waals surface area contributed by atoms with Crippen molar-refractivity contribution in [1.29, 1.82) is 0 Å². The molecule has 1 N–H and O–H groups in total. The van der Waals surface area contributed by atoms with Crippen LogP contribution in [-0.4, -0.2) is 37.1 Å². The summed E-state index contributed by atoms with van der Waals surface area (Å²) < 4.78 is 0. The van der Waals surface area contributed by atoms with Crippen molar-refractivity contribution in [1.82, 2.24) is 10.2 Å². The van der Waals surface area contributed by atoms with Crippen LogP contribution in [-0.2, 0) is 0 Å². The maximum absolute atomic E-state index is 3.56. The van der Waals surface area contributed by atoms with Crippen LogP contribution in [0.4, 0.5) is 0 Å². The molecule has 0 radical (unpaired) electrons. The van der Waals surface area contributed by atoms with E-state index in [1.54, 1.807) is 0 Å². The quantitative estimate of drug-likeness (QED) is 0.728. The zero-order valence-corrected chi connectivity index (χ0v) is 10.2. The van der Waals surface area contributed by atoms with Gasteiger partial charge in [0.25, 0.3) is 0 Å². The average molecular weight is 198 g/mol. The first-order valence-electron chi connectivity index (χ1n) is 6.08. The van der Waals surface area contributed by atoms with Crippen molar-refractivity contribution in [2.45, 2.75) is 52.1 Å². The highest BCUT2D eigenvalue weighted by Crippen LogP contribution is 2.14. The lowest BCUT2D eigenvalue weighted by atomic mass is 9.99. The summed E-state index contributed by atoms with van der Waals surface area (Å²) >= 11 is 0. The Morgan fingerprint density at radius 2 is 2.14 bits per heavy atom. The van der Waals surface area contributed by atoms with Gasteiger partial charge in [0, 0.05) is 18.6 Å². The number of hydrogen-bond acceptors (Lipinski definition) is 2. The molecule has 2 nitrogen and oxygen atoms in total. The van der Waals surface area contributed by atoms with Gasteiger partial charge in [0.15, 0.2) is 0 Å². The molecule has 1 aliphatic heterocycles. The van der Waals surface area contributed by atoms with Crippen molar-refractivity contribution < 1.29 is 0 Å². The summed E-state index contributed by atoms with van der Waals surface area (Å²) in [5, 5.41) is 3.56. The van der Waals surface area contributed by atoms with Gasteiger partial charge in [0.2, 0.25) is 0 Å². The Morgan fingerprint density at radius 1 is 1.43 bits per heavy atom. The van der Waals surface area contributed by atoms with Gasteiger partial charge in [-0.1, -0.05) is 20.3 Å². The standard InChI is InChI=1S/C12H26N2/c1-5-10(2)11(3)14(4)9-12-7-6-8-13-12/h10-13H,5-9H2,1-4H3. The molecule has 2 heteroatoms. The molecule has 84 valence electrons. The second-order valence-corrected chi connectivity index (χ2v) is 4.86. The molecule has 1 saturated heterocycles. The zero-order valence-electron chi connectivity index (χ0n) is 10.2. The SMILES string of the molecule is CCC(C)C(C)N(C)CC1CCCN1. The fourth-order valence-electron chi connectivity index (χ4n) is 2.20. The van der Waals surface area contributed by atoms with Gasteiger partial charge in [-0.25, -0.2) is 0 Å². The van der Waals surface area contributed by atoms with E-state index >= 15 is 0 Å². The Morgan fingerprint density at radius 3 is 2.64 bits per heavy atom. The van der Waals surface area contributed by atoms with Crippen LogP contribution >= 0.6 is 0 Å². The minimum atomic E-state index is 0.711. The molecule has 0 spiro atoms. The van der Waals surface area contributed by atoms with E-state index in [1.165, 1.54) is 32.4 Å². The third-order valence-electron chi connectivity index (χ3n) is 3.83. The molecule has 3 atom stereocenters. The number of hydrogen-bond donors (Lipinski definition) is 1. The van der Waals surface area contributed by atoms with Crippen LogP contribution in [0.15, 0.2) is 0 Å². The maximum atomic E-state index is 3.56. The second kappa shape index (κ2) is 5.72. The van der Waals surface area contributed by atoms with Crippen LogP contribution in [0.3, 0.4) is 0 Å². The van der Waals surface area contributed by atoms with E-state index in [0.717, 1.165) is 12.0 Å². The van der Waals surface area contributed by atoms with E-state index in [0.29, 0.717) is 6.04 Å². The molecule has 14 heavy (non-hydrogen) atoms. The monoisotopic (exact) mass is 198 g/mol. The first kappa shape index (κ1) is 12.0. The maximum Gasteiger partial charge on any atom is 0.0195 e. The van der Waals surface area contributed by atoms with Crippen LogP contribution in [0.25, 0.3) is 0 Å². The molecule has 0 aromatic rings. The summed E-state index contributed by atoms with van der Waals surface area (Å²) in [6, 6.07) is 1.45. The lowest BCUT2D eigenvalue weighted by molar-refractivity contribution is 0.181. The highest BCUT2D eigenvalue weighted by atomic mass is 15.2. The lowest BCUT2D eigenvalue weighted by Gasteiger charge is -2.31. The molecule has 0 aromatic carbocycles. The van der Waals surface area contributed by atoms with E-state index in [9.17, 15) is 0 Å². The highest BCUT2D eigenvalue weighted by Gasteiger charge is 2.20. The van der Waals surface area contributed by atoms with E-state index in [1.807, 2.05) is 0 Å². The van der Waals surface area contributed by atoms with Gasteiger partial charge < -0.3 is 10.2 Å². The Kier molecular flexibility index (Phi) is 4.90. The van der Waals surface area contributed by atoms with Crippen molar-refractivity contribution in [3.8, 4) is 0 Å². The fourth-order valence-corrected chi connectivity index (χ4v) is 2.20. The van der Waals surface area contributed by atoms with Crippen LogP contribution in [0.2, 0.25) is 0 Å². The van der Waals surface area contributed by atoms with Gasteiger partial charge in [0.1, 0.15) is 0 Å². The van der Waals surface area contributed by atoms with Crippen molar-refractivity contribution in [2.75, 3.05) is 20.1 Å². The summed E-state index contributed by atoms with van der Waals surface area (Å²) in [6.45, 7) is 9.41. The van der Waals surface area contributed by atoms with E-state index in [4.69, 9.17) is 0 Å². The number of nitrogens with one attached hydrogen (secondary N) is 1.